The van der Waals surface area contributed by atoms with E-state index in [-0.39, 0.29) is 11.7 Å². The van der Waals surface area contributed by atoms with Crippen LogP contribution in [0.1, 0.15) is 29.3 Å². The van der Waals surface area contributed by atoms with Crippen LogP contribution in [0.25, 0.3) is 11.0 Å². The lowest BCUT2D eigenvalue weighted by Crippen LogP contribution is -2.23. The fourth-order valence-corrected chi connectivity index (χ4v) is 3.45. The molecule has 0 atom stereocenters. The van der Waals surface area contributed by atoms with Gasteiger partial charge in [-0.1, -0.05) is 30.8 Å². The first-order valence-corrected chi connectivity index (χ1v) is 9.19. The third-order valence-corrected chi connectivity index (χ3v) is 5.02. The average Bonchev–Trinajstić information content (AvgIpc) is 2.94. The second kappa shape index (κ2) is 7.70. The summed E-state index contributed by atoms with van der Waals surface area (Å²) in [4.78, 5) is 16.8. The molecule has 0 spiro atoms. The van der Waals surface area contributed by atoms with Gasteiger partial charge in [-0.3, -0.25) is 4.79 Å². The number of amides is 1. The van der Waals surface area contributed by atoms with E-state index in [1.54, 1.807) is 30.0 Å². The predicted octanol–water partition coefficient (Wildman–Crippen LogP) is 4.14. The zero-order valence-corrected chi connectivity index (χ0v) is 15.1. The van der Waals surface area contributed by atoms with Crippen LogP contribution in [0.15, 0.2) is 47.6 Å². The Bertz CT molecular complexity index is 890. The SMILES string of the molecule is CCCNC(=O)c1ccc2nc(SCc3ccc(F)cc3)n(C)c2c1. The lowest BCUT2D eigenvalue weighted by atomic mass is 10.2. The van der Waals surface area contributed by atoms with E-state index in [0.29, 0.717) is 17.9 Å². The molecular weight excluding hydrogens is 337 g/mol. The lowest BCUT2D eigenvalue weighted by molar-refractivity contribution is 0.0954. The number of nitrogens with one attached hydrogen (secondary N) is 1. The minimum atomic E-state index is -0.231. The maximum atomic E-state index is 13.0. The van der Waals surface area contributed by atoms with Crippen LogP contribution >= 0.6 is 11.8 Å². The molecule has 0 bridgehead atoms. The Morgan fingerprint density at radius 3 is 2.72 bits per heavy atom. The molecule has 0 aliphatic rings. The van der Waals surface area contributed by atoms with Gasteiger partial charge in [0.25, 0.3) is 5.91 Å². The Morgan fingerprint density at radius 2 is 2.00 bits per heavy atom. The van der Waals surface area contributed by atoms with Crippen molar-refractivity contribution in [3.05, 3.63) is 59.4 Å². The van der Waals surface area contributed by atoms with Gasteiger partial charge in [-0.25, -0.2) is 9.37 Å². The standard InChI is InChI=1S/C19H20FN3OS/c1-3-10-21-18(24)14-6-9-16-17(11-14)23(2)19(22-16)25-12-13-4-7-15(20)8-5-13/h4-9,11H,3,10,12H2,1-2H3,(H,21,24). The van der Waals surface area contributed by atoms with Gasteiger partial charge in [0.2, 0.25) is 0 Å². The van der Waals surface area contributed by atoms with Gasteiger partial charge in [0.05, 0.1) is 11.0 Å². The summed E-state index contributed by atoms with van der Waals surface area (Å²) >= 11 is 1.59. The first-order valence-electron chi connectivity index (χ1n) is 8.20. The molecule has 3 aromatic rings. The number of carbonyl (C=O) groups excluding carboxylic acids is 1. The highest BCUT2D eigenvalue weighted by molar-refractivity contribution is 7.98. The maximum Gasteiger partial charge on any atom is 0.251 e. The second-order valence-corrected chi connectivity index (χ2v) is 6.77. The largest absolute Gasteiger partial charge is 0.352 e. The number of hydrogen-bond donors (Lipinski definition) is 1. The number of imidazole rings is 1. The van der Waals surface area contributed by atoms with Crippen molar-refractivity contribution in [2.45, 2.75) is 24.3 Å². The molecule has 130 valence electrons. The Hall–Kier alpha value is -2.34. The van der Waals surface area contributed by atoms with E-state index in [9.17, 15) is 9.18 Å². The summed E-state index contributed by atoms with van der Waals surface area (Å²) in [5.41, 5.74) is 3.46. The van der Waals surface area contributed by atoms with Gasteiger partial charge in [-0.05, 0) is 42.3 Å². The van der Waals surface area contributed by atoms with E-state index in [4.69, 9.17) is 0 Å². The number of thioether (sulfide) groups is 1. The van der Waals surface area contributed by atoms with Gasteiger partial charge < -0.3 is 9.88 Å². The topological polar surface area (TPSA) is 46.9 Å². The highest BCUT2D eigenvalue weighted by Gasteiger charge is 2.12. The van der Waals surface area contributed by atoms with Crippen molar-refractivity contribution in [1.82, 2.24) is 14.9 Å². The number of carbonyl (C=O) groups is 1. The van der Waals surface area contributed by atoms with E-state index in [1.807, 2.05) is 30.7 Å². The Kier molecular flexibility index (Phi) is 5.38. The number of aromatic nitrogens is 2. The van der Waals surface area contributed by atoms with Crippen LogP contribution in [0.4, 0.5) is 4.39 Å². The molecule has 1 amide bonds. The molecule has 0 unspecified atom stereocenters. The van der Waals surface area contributed by atoms with Gasteiger partial charge in [-0.15, -0.1) is 0 Å². The van der Waals surface area contributed by atoms with Crippen LogP contribution in [-0.2, 0) is 12.8 Å². The zero-order chi connectivity index (χ0) is 17.8. The van der Waals surface area contributed by atoms with Gasteiger partial charge >= 0.3 is 0 Å². The van der Waals surface area contributed by atoms with Crippen molar-refractivity contribution in [3.63, 3.8) is 0 Å². The van der Waals surface area contributed by atoms with E-state index in [1.165, 1.54) is 12.1 Å². The summed E-state index contributed by atoms with van der Waals surface area (Å²) in [5, 5.41) is 3.75. The zero-order valence-electron chi connectivity index (χ0n) is 14.3. The third-order valence-electron chi connectivity index (χ3n) is 3.92. The number of benzene rings is 2. The summed E-state index contributed by atoms with van der Waals surface area (Å²) < 4.78 is 15.0. The van der Waals surface area contributed by atoms with E-state index in [2.05, 4.69) is 10.3 Å². The Balaban J connectivity index is 1.79. The summed E-state index contributed by atoms with van der Waals surface area (Å²) in [6.45, 7) is 2.69. The fourth-order valence-electron chi connectivity index (χ4n) is 2.51. The van der Waals surface area contributed by atoms with Crippen LogP contribution in [-0.4, -0.2) is 22.0 Å². The molecule has 1 aromatic heterocycles. The molecule has 6 heteroatoms. The van der Waals surface area contributed by atoms with Crippen LogP contribution < -0.4 is 5.32 Å². The second-order valence-electron chi connectivity index (χ2n) is 5.83. The van der Waals surface area contributed by atoms with Crippen molar-refractivity contribution in [3.8, 4) is 0 Å². The number of fused-ring (bicyclic) bond motifs is 1. The molecule has 25 heavy (non-hydrogen) atoms. The van der Waals surface area contributed by atoms with Gasteiger partial charge in [0.1, 0.15) is 5.82 Å². The van der Waals surface area contributed by atoms with E-state index < -0.39 is 0 Å². The van der Waals surface area contributed by atoms with Crippen LogP contribution in [0.3, 0.4) is 0 Å². The molecule has 0 saturated heterocycles. The fraction of sp³-hybridized carbons (Fsp3) is 0.263. The van der Waals surface area contributed by atoms with Crippen molar-refractivity contribution in [2.75, 3.05) is 6.54 Å². The van der Waals surface area contributed by atoms with Gasteiger partial charge in [-0.2, -0.15) is 0 Å². The third kappa shape index (κ3) is 4.02. The number of nitrogens with zero attached hydrogens (tertiary/aromatic N) is 2. The smallest absolute Gasteiger partial charge is 0.251 e. The molecule has 0 radical (unpaired) electrons. The lowest BCUT2D eigenvalue weighted by Gasteiger charge is -2.05. The number of hydrogen-bond acceptors (Lipinski definition) is 3. The molecule has 0 aliphatic carbocycles. The van der Waals surface area contributed by atoms with Gasteiger partial charge in [0, 0.05) is 24.9 Å². The minimum Gasteiger partial charge on any atom is -0.352 e. The van der Waals surface area contributed by atoms with E-state index in [0.717, 1.165) is 28.2 Å². The minimum absolute atomic E-state index is 0.0644. The Morgan fingerprint density at radius 1 is 1.24 bits per heavy atom. The summed E-state index contributed by atoms with van der Waals surface area (Å²) in [6, 6.07) is 12.0. The van der Waals surface area contributed by atoms with Crippen molar-refractivity contribution >= 4 is 28.7 Å². The Labute approximate surface area is 150 Å². The van der Waals surface area contributed by atoms with Crippen molar-refractivity contribution in [1.29, 1.82) is 0 Å². The van der Waals surface area contributed by atoms with Gasteiger partial charge in [0.15, 0.2) is 5.16 Å². The monoisotopic (exact) mass is 357 g/mol. The first-order chi connectivity index (χ1) is 12.1. The number of aryl methyl sites for hydroxylation is 1. The van der Waals surface area contributed by atoms with Crippen molar-refractivity contribution in [2.24, 2.45) is 7.05 Å². The molecule has 0 aliphatic heterocycles. The molecule has 0 saturated carbocycles. The molecule has 4 nitrogen and oxygen atoms in total. The molecule has 1 N–H and O–H groups in total. The molecule has 0 fully saturated rings. The maximum absolute atomic E-state index is 13.0. The highest BCUT2D eigenvalue weighted by atomic mass is 32.2. The quantitative estimate of drug-likeness (QED) is 0.674. The predicted molar refractivity (Wildman–Crippen MR) is 99.3 cm³/mol. The van der Waals surface area contributed by atoms with Crippen molar-refractivity contribution < 1.29 is 9.18 Å². The summed E-state index contributed by atoms with van der Waals surface area (Å²) in [6.07, 6.45) is 0.907. The molecule has 1 heterocycles. The molecular formula is C19H20FN3OS. The van der Waals surface area contributed by atoms with Crippen LogP contribution in [0.2, 0.25) is 0 Å². The number of rotatable bonds is 6. The van der Waals surface area contributed by atoms with Crippen LogP contribution in [0, 0.1) is 5.82 Å². The first kappa shape index (κ1) is 17.5. The van der Waals surface area contributed by atoms with Crippen LogP contribution in [0.5, 0.6) is 0 Å². The average molecular weight is 357 g/mol. The molecule has 3 rings (SSSR count). The normalized spacial score (nSPS) is 11.0. The molecule has 2 aromatic carbocycles. The summed E-state index contributed by atoms with van der Waals surface area (Å²) in [7, 11) is 1.94. The van der Waals surface area contributed by atoms with E-state index >= 15 is 0 Å². The number of halogens is 1. The summed E-state index contributed by atoms with van der Waals surface area (Å²) in [5.74, 6) is 0.414. The highest BCUT2D eigenvalue weighted by Crippen LogP contribution is 2.26.